The first kappa shape index (κ1) is 11.0. The first-order valence-corrected chi connectivity index (χ1v) is 7.15. The minimum absolute atomic E-state index is 0.663. The number of thioether (sulfide) groups is 1. The molecule has 0 bridgehead atoms. The summed E-state index contributed by atoms with van der Waals surface area (Å²) >= 11 is 3.63. The Morgan fingerprint density at radius 1 is 1.53 bits per heavy atom. The van der Waals surface area contributed by atoms with E-state index in [4.69, 9.17) is 5.26 Å². The third-order valence-electron chi connectivity index (χ3n) is 2.50. The maximum absolute atomic E-state index is 8.70. The van der Waals surface area contributed by atoms with E-state index in [2.05, 4.69) is 11.4 Å². The van der Waals surface area contributed by atoms with Gasteiger partial charge in [-0.25, -0.2) is 0 Å². The molecule has 1 unspecified atom stereocenters. The Bertz CT molecular complexity index is 348. The van der Waals surface area contributed by atoms with E-state index >= 15 is 0 Å². The number of nitriles is 1. The van der Waals surface area contributed by atoms with Crippen LogP contribution < -0.4 is 5.32 Å². The minimum atomic E-state index is 0.663. The van der Waals surface area contributed by atoms with Gasteiger partial charge in [-0.1, -0.05) is 0 Å². The second kappa shape index (κ2) is 5.55. The molecule has 4 heteroatoms. The third kappa shape index (κ3) is 3.23. The molecule has 0 aromatic carbocycles. The van der Waals surface area contributed by atoms with E-state index in [-0.39, 0.29) is 0 Å². The van der Waals surface area contributed by atoms with E-state index < -0.39 is 0 Å². The molecule has 1 aromatic heterocycles. The van der Waals surface area contributed by atoms with E-state index in [1.54, 1.807) is 11.3 Å². The summed E-state index contributed by atoms with van der Waals surface area (Å²) in [6.45, 7) is 0.914. The molecule has 1 atom stereocenters. The molecule has 2 nitrogen and oxygen atoms in total. The summed E-state index contributed by atoms with van der Waals surface area (Å²) in [5, 5.41) is 12.3. The van der Waals surface area contributed by atoms with Gasteiger partial charge >= 0.3 is 0 Å². The molecule has 0 spiro atoms. The topological polar surface area (TPSA) is 35.8 Å². The summed E-state index contributed by atoms with van der Waals surface area (Å²) in [5.41, 5.74) is 0. The van der Waals surface area contributed by atoms with Crippen LogP contribution in [0.15, 0.2) is 12.1 Å². The van der Waals surface area contributed by atoms with Crippen molar-refractivity contribution in [3.8, 4) is 6.07 Å². The maximum Gasteiger partial charge on any atom is 0.110 e. The average Bonchev–Trinajstić information content (AvgIpc) is 2.76. The molecule has 80 valence electrons. The first-order chi connectivity index (χ1) is 7.38. The van der Waals surface area contributed by atoms with Crippen LogP contribution in [0.3, 0.4) is 0 Å². The van der Waals surface area contributed by atoms with Gasteiger partial charge in [0.15, 0.2) is 0 Å². The number of hydrogen-bond donors (Lipinski definition) is 1. The van der Waals surface area contributed by atoms with Crippen molar-refractivity contribution in [2.45, 2.75) is 25.4 Å². The Kier molecular flexibility index (Phi) is 4.07. The normalized spacial score (nSPS) is 21.1. The van der Waals surface area contributed by atoms with Crippen molar-refractivity contribution in [3.63, 3.8) is 0 Å². The van der Waals surface area contributed by atoms with Gasteiger partial charge in [0.2, 0.25) is 0 Å². The molecule has 0 aliphatic carbocycles. The molecule has 1 aliphatic rings. The van der Waals surface area contributed by atoms with Gasteiger partial charge in [0, 0.05) is 23.2 Å². The van der Waals surface area contributed by atoms with Crippen LogP contribution in [0.2, 0.25) is 0 Å². The van der Waals surface area contributed by atoms with Crippen molar-refractivity contribution in [1.82, 2.24) is 5.32 Å². The molecule has 1 N–H and O–H groups in total. The van der Waals surface area contributed by atoms with Gasteiger partial charge in [-0.05, 0) is 30.7 Å². The molecule has 1 saturated heterocycles. The fraction of sp³-hybridized carbons (Fsp3) is 0.545. The smallest absolute Gasteiger partial charge is 0.110 e. The largest absolute Gasteiger partial charge is 0.308 e. The molecule has 2 rings (SSSR count). The van der Waals surface area contributed by atoms with E-state index in [9.17, 15) is 0 Å². The molecular formula is C11H14N2S2. The van der Waals surface area contributed by atoms with Crippen molar-refractivity contribution in [2.24, 2.45) is 0 Å². The Balaban J connectivity index is 1.79. The highest BCUT2D eigenvalue weighted by atomic mass is 32.2. The molecule has 0 saturated carbocycles. The van der Waals surface area contributed by atoms with E-state index in [1.807, 2.05) is 23.9 Å². The van der Waals surface area contributed by atoms with Crippen LogP contribution in [0, 0.1) is 11.3 Å². The average molecular weight is 238 g/mol. The van der Waals surface area contributed by atoms with Crippen LogP contribution in [0.25, 0.3) is 0 Å². The molecular weight excluding hydrogens is 224 g/mol. The molecule has 1 aliphatic heterocycles. The second-order valence-electron chi connectivity index (χ2n) is 3.67. The van der Waals surface area contributed by atoms with Crippen LogP contribution in [0.1, 0.15) is 22.6 Å². The van der Waals surface area contributed by atoms with Crippen molar-refractivity contribution < 1.29 is 0 Å². The molecule has 0 radical (unpaired) electrons. The van der Waals surface area contributed by atoms with Crippen molar-refractivity contribution in [3.05, 3.63) is 21.9 Å². The standard InChI is InChI=1S/C11H14N2S2/c12-6-10-3-4-11(15-10)7-13-9-2-1-5-14-8-9/h3-4,9,13H,1-2,5,7-8H2. The summed E-state index contributed by atoms with van der Waals surface area (Å²) in [5.74, 6) is 2.55. The fourth-order valence-electron chi connectivity index (χ4n) is 1.68. The highest BCUT2D eigenvalue weighted by molar-refractivity contribution is 7.99. The van der Waals surface area contributed by atoms with Gasteiger partial charge in [0.1, 0.15) is 10.9 Å². The molecule has 15 heavy (non-hydrogen) atoms. The second-order valence-corrected chi connectivity index (χ2v) is 5.99. The first-order valence-electron chi connectivity index (χ1n) is 5.18. The zero-order chi connectivity index (χ0) is 10.5. The lowest BCUT2D eigenvalue weighted by molar-refractivity contribution is 0.510. The molecule has 2 heterocycles. The Morgan fingerprint density at radius 2 is 2.47 bits per heavy atom. The van der Waals surface area contributed by atoms with Crippen molar-refractivity contribution >= 4 is 23.1 Å². The maximum atomic E-state index is 8.70. The van der Waals surface area contributed by atoms with Crippen LogP contribution in [0.5, 0.6) is 0 Å². The van der Waals surface area contributed by atoms with Gasteiger partial charge in [0.05, 0.1) is 0 Å². The number of hydrogen-bond acceptors (Lipinski definition) is 4. The lowest BCUT2D eigenvalue weighted by atomic mass is 10.2. The Morgan fingerprint density at radius 3 is 3.13 bits per heavy atom. The lowest BCUT2D eigenvalue weighted by Gasteiger charge is -2.22. The van der Waals surface area contributed by atoms with Crippen molar-refractivity contribution in [2.75, 3.05) is 11.5 Å². The number of nitrogens with one attached hydrogen (secondary N) is 1. The van der Waals surface area contributed by atoms with Crippen LogP contribution in [-0.2, 0) is 6.54 Å². The van der Waals surface area contributed by atoms with Crippen LogP contribution >= 0.6 is 23.1 Å². The Labute approximate surface area is 98.7 Å². The third-order valence-corrected chi connectivity index (χ3v) is 4.70. The minimum Gasteiger partial charge on any atom is -0.308 e. The van der Waals surface area contributed by atoms with E-state index in [0.717, 1.165) is 11.4 Å². The zero-order valence-corrected chi connectivity index (χ0v) is 10.2. The van der Waals surface area contributed by atoms with Gasteiger partial charge < -0.3 is 5.32 Å². The van der Waals surface area contributed by atoms with Gasteiger partial charge in [-0.3, -0.25) is 0 Å². The van der Waals surface area contributed by atoms with Gasteiger partial charge in [-0.15, -0.1) is 11.3 Å². The van der Waals surface area contributed by atoms with Crippen molar-refractivity contribution in [1.29, 1.82) is 5.26 Å². The van der Waals surface area contributed by atoms with Gasteiger partial charge in [0.25, 0.3) is 0 Å². The van der Waals surface area contributed by atoms with Crippen LogP contribution in [0.4, 0.5) is 0 Å². The van der Waals surface area contributed by atoms with E-state index in [1.165, 1.54) is 29.2 Å². The summed E-state index contributed by atoms with van der Waals surface area (Å²) in [4.78, 5) is 2.08. The van der Waals surface area contributed by atoms with Gasteiger partial charge in [-0.2, -0.15) is 17.0 Å². The van der Waals surface area contributed by atoms with E-state index in [0.29, 0.717) is 6.04 Å². The molecule has 1 fully saturated rings. The number of rotatable bonds is 3. The summed E-state index contributed by atoms with van der Waals surface area (Å²) in [6.07, 6.45) is 2.62. The number of thiophene rings is 1. The monoisotopic (exact) mass is 238 g/mol. The fourth-order valence-corrected chi connectivity index (χ4v) is 3.54. The highest BCUT2D eigenvalue weighted by Crippen LogP contribution is 2.19. The molecule has 1 aromatic rings. The predicted molar refractivity (Wildman–Crippen MR) is 66.2 cm³/mol. The Hall–Kier alpha value is -0.500. The van der Waals surface area contributed by atoms with Crippen LogP contribution in [-0.4, -0.2) is 17.5 Å². The highest BCUT2D eigenvalue weighted by Gasteiger charge is 2.12. The SMILES string of the molecule is N#Cc1ccc(CNC2CCCSC2)s1. The summed E-state index contributed by atoms with van der Waals surface area (Å²) in [6, 6.07) is 6.78. The number of nitrogens with zero attached hydrogens (tertiary/aromatic N) is 1. The summed E-state index contributed by atoms with van der Waals surface area (Å²) in [7, 11) is 0. The zero-order valence-electron chi connectivity index (χ0n) is 8.53. The lowest BCUT2D eigenvalue weighted by Crippen LogP contribution is -2.32. The summed E-state index contributed by atoms with van der Waals surface area (Å²) < 4.78 is 0. The molecule has 0 amide bonds. The quantitative estimate of drug-likeness (QED) is 0.879. The predicted octanol–water partition coefficient (Wildman–Crippen LogP) is 2.60.